The van der Waals surface area contributed by atoms with Crippen LogP contribution in [0.3, 0.4) is 0 Å². The zero-order valence-electron chi connectivity index (χ0n) is 11.4. The van der Waals surface area contributed by atoms with Gasteiger partial charge in [0, 0.05) is 12.1 Å². The predicted molar refractivity (Wildman–Crippen MR) is 74.6 cm³/mol. The van der Waals surface area contributed by atoms with Crippen molar-refractivity contribution >= 4 is 21.5 Å². The molecule has 0 aromatic carbocycles. The fourth-order valence-electron chi connectivity index (χ4n) is 2.84. The molecule has 108 valence electrons. The quantitative estimate of drug-likeness (QED) is 0.799. The average molecular weight is 286 g/mol. The third-order valence-electron chi connectivity index (χ3n) is 3.89. The van der Waals surface area contributed by atoms with Gasteiger partial charge >= 0.3 is 0 Å². The Morgan fingerprint density at radius 3 is 2.84 bits per heavy atom. The van der Waals surface area contributed by atoms with Gasteiger partial charge in [0.1, 0.15) is 0 Å². The second-order valence-electron chi connectivity index (χ2n) is 5.89. The Kier molecular flexibility index (Phi) is 4.60. The molecule has 5 nitrogen and oxygen atoms in total. The fraction of sp³-hybridized carbons (Fsp3) is 0.846. The molecule has 1 amide bonds. The van der Waals surface area contributed by atoms with Crippen LogP contribution >= 0.6 is 0 Å². The number of carbonyl (C=O) groups excluding carboxylic acids is 1. The lowest BCUT2D eigenvalue weighted by Gasteiger charge is -2.19. The normalized spacial score (nSPS) is 32.4. The number of hydrazone groups is 1. The molecule has 0 radical (unpaired) electrons. The molecule has 0 aromatic heterocycles. The van der Waals surface area contributed by atoms with Crippen molar-refractivity contribution in [2.24, 2.45) is 16.9 Å². The van der Waals surface area contributed by atoms with E-state index in [0.29, 0.717) is 12.3 Å². The molecule has 2 aliphatic rings. The minimum atomic E-state index is -2.90. The van der Waals surface area contributed by atoms with Crippen molar-refractivity contribution in [3.63, 3.8) is 0 Å². The van der Waals surface area contributed by atoms with Crippen LogP contribution in [-0.4, -0.2) is 31.5 Å². The molecule has 6 heteroatoms. The van der Waals surface area contributed by atoms with Crippen molar-refractivity contribution in [2.75, 3.05) is 11.5 Å². The summed E-state index contributed by atoms with van der Waals surface area (Å²) in [6, 6.07) is 0. The van der Waals surface area contributed by atoms with Crippen LogP contribution in [0.25, 0.3) is 0 Å². The molecular formula is C13H22N2O3S. The average Bonchev–Trinajstić information content (AvgIpc) is 2.66. The lowest BCUT2D eigenvalue weighted by molar-refractivity contribution is -0.121. The smallest absolute Gasteiger partial charge is 0.240 e. The van der Waals surface area contributed by atoms with Gasteiger partial charge in [-0.3, -0.25) is 4.79 Å². The number of amides is 1. The Morgan fingerprint density at radius 2 is 2.21 bits per heavy atom. The van der Waals surface area contributed by atoms with Crippen LogP contribution in [0.1, 0.15) is 45.4 Å². The maximum Gasteiger partial charge on any atom is 0.240 e. The zero-order valence-corrected chi connectivity index (χ0v) is 12.2. The summed E-state index contributed by atoms with van der Waals surface area (Å²) in [4.78, 5) is 11.7. The molecule has 0 aromatic rings. The number of nitrogens with one attached hydrogen (secondary N) is 1. The minimum Gasteiger partial charge on any atom is -0.273 e. The molecule has 1 saturated heterocycles. The van der Waals surface area contributed by atoms with Crippen LogP contribution in [0.15, 0.2) is 5.10 Å². The first-order chi connectivity index (χ1) is 8.94. The van der Waals surface area contributed by atoms with Crippen molar-refractivity contribution in [1.82, 2.24) is 5.43 Å². The molecule has 0 unspecified atom stereocenters. The van der Waals surface area contributed by atoms with Gasteiger partial charge in [-0.2, -0.15) is 5.10 Å². The third kappa shape index (κ3) is 4.60. The van der Waals surface area contributed by atoms with Crippen molar-refractivity contribution in [2.45, 2.75) is 45.4 Å². The minimum absolute atomic E-state index is 0.0320. The Labute approximate surface area is 114 Å². The molecule has 2 fully saturated rings. The van der Waals surface area contributed by atoms with E-state index < -0.39 is 9.84 Å². The van der Waals surface area contributed by atoms with E-state index >= 15 is 0 Å². The van der Waals surface area contributed by atoms with Gasteiger partial charge in [0.25, 0.3) is 0 Å². The van der Waals surface area contributed by atoms with Crippen molar-refractivity contribution in [1.29, 1.82) is 0 Å². The Morgan fingerprint density at radius 1 is 1.42 bits per heavy atom. The number of nitrogens with zero attached hydrogens (tertiary/aromatic N) is 1. The molecule has 1 aliphatic heterocycles. The molecule has 0 spiro atoms. The first-order valence-corrected chi connectivity index (χ1v) is 8.81. The molecule has 2 atom stereocenters. The van der Waals surface area contributed by atoms with Crippen molar-refractivity contribution < 1.29 is 13.2 Å². The molecule has 2 rings (SSSR count). The van der Waals surface area contributed by atoms with Gasteiger partial charge in [0.2, 0.25) is 5.91 Å². The Bertz CT molecular complexity index is 470. The van der Waals surface area contributed by atoms with Crippen LogP contribution in [0.4, 0.5) is 0 Å². The topological polar surface area (TPSA) is 75.6 Å². The number of sulfone groups is 1. The monoisotopic (exact) mass is 286 g/mol. The Hall–Kier alpha value is -0.910. The summed E-state index contributed by atoms with van der Waals surface area (Å²) in [6.07, 6.45) is 5.15. The van der Waals surface area contributed by atoms with Crippen LogP contribution < -0.4 is 5.43 Å². The SMILES string of the molecule is C[C@H]1CCC/C(=N\NC(=O)C[C@@H]2CCS(=O)(=O)C2)C1. The summed E-state index contributed by atoms with van der Waals surface area (Å²) >= 11 is 0. The fourth-order valence-corrected chi connectivity index (χ4v) is 4.71. The summed E-state index contributed by atoms with van der Waals surface area (Å²) in [5, 5.41) is 4.18. The second kappa shape index (κ2) is 6.03. The van der Waals surface area contributed by atoms with E-state index in [0.717, 1.165) is 25.0 Å². The van der Waals surface area contributed by atoms with Crippen LogP contribution in [0.5, 0.6) is 0 Å². The summed E-state index contributed by atoms with van der Waals surface area (Å²) in [6.45, 7) is 2.19. The lowest BCUT2D eigenvalue weighted by atomic mass is 9.89. The zero-order chi connectivity index (χ0) is 13.9. The van der Waals surface area contributed by atoms with Gasteiger partial charge in [-0.1, -0.05) is 6.92 Å². The molecule has 1 N–H and O–H groups in total. The summed E-state index contributed by atoms with van der Waals surface area (Å²) in [5.74, 6) is 0.818. The van der Waals surface area contributed by atoms with Gasteiger partial charge in [0.15, 0.2) is 9.84 Å². The van der Waals surface area contributed by atoms with Crippen molar-refractivity contribution in [3.05, 3.63) is 0 Å². The van der Waals surface area contributed by atoms with Crippen LogP contribution in [-0.2, 0) is 14.6 Å². The molecule has 19 heavy (non-hydrogen) atoms. The Balaban J connectivity index is 1.77. The van der Waals surface area contributed by atoms with E-state index in [4.69, 9.17) is 0 Å². The van der Waals surface area contributed by atoms with E-state index in [2.05, 4.69) is 17.5 Å². The lowest BCUT2D eigenvalue weighted by Crippen LogP contribution is -2.24. The number of carbonyl (C=O) groups is 1. The largest absolute Gasteiger partial charge is 0.273 e. The standard InChI is InChI=1S/C13H22N2O3S/c1-10-3-2-4-12(7-10)14-15-13(16)8-11-5-6-19(17,18)9-11/h10-11H,2-9H2,1H3,(H,15,16)/b14-12+/t10-,11-/m0/s1. The van der Waals surface area contributed by atoms with E-state index in [1.165, 1.54) is 6.42 Å². The number of rotatable bonds is 3. The van der Waals surface area contributed by atoms with Crippen LogP contribution in [0.2, 0.25) is 0 Å². The summed E-state index contributed by atoms with van der Waals surface area (Å²) in [5.41, 5.74) is 3.64. The number of hydrogen-bond donors (Lipinski definition) is 1. The van der Waals surface area contributed by atoms with E-state index in [1.807, 2.05) is 0 Å². The van der Waals surface area contributed by atoms with Gasteiger partial charge in [0.05, 0.1) is 11.5 Å². The first-order valence-electron chi connectivity index (χ1n) is 6.99. The first kappa shape index (κ1) is 14.5. The molecule has 1 saturated carbocycles. The van der Waals surface area contributed by atoms with Gasteiger partial charge in [-0.25, -0.2) is 13.8 Å². The second-order valence-corrected chi connectivity index (χ2v) is 8.12. The number of hydrogen-bond acceptors (Lipinski definition) is 4. The maximum atomic E-state index is 11.7. The molecule has 1 heterocycles. The highest BCUT2D eigenvalue weighted by atomic mass is 32.2. The van der Waals surface area contributed by atoms with E-state index in [1.54, 1.807) is 0 Å². The maximum absolute atomic E-state index is 11.7. The third-order valence-corrected chi connectivity index (χ3v) is 5.72. The highest BCUT2D eigenvalue weighted by Crippen LogP contribution is 2.22. The van der Waals surface area contributed by atoms with Crippen LogP contribution in [0, 0.1) is 11.8 Å². The molecule has 1 aliphatic carbocycles. The highest BCUT2D eigenvalue weighted by molar-refractivity contribution is 7.91. The van der Waals surface area contributed by atoms with Gasteiger partial charge < -0.3 is 0 Å². The molecular weight excluding hydrogens is 264 g/mol. The van der Waals surface area contributed by atoms with Gasteiger partial charge in [-0.15, -0.1) is 0 Å². The summed E-state index contributed by atoms with van der Waals surface area (Å²) in [7, 11) is -2.90. The van der Waals surface area contributed by atoms with Gasteiger partial charge in [-0.05, 0) is 43.9 Å². The summed E-state index contributed by atoms with van der Waals surface area (Å²) < 4.78 is 22.6. The highest BCUT2D eigenvalue weighted by Gasteiger charge is 2.29. The molecule has 0 bridgehead atoms. The van der Waals surface area contributed by atoms with Crippen molar-refractivity contribution in [3.8, 4) is 0 Å². The predicted octanol–water partition coefficient (Wildman–Crippen LogP) is 1.49. The van der Waals surface area contributed by atoms with E-state index in [-0.39, 0.29) is 29.8 Å². The van der Waals surface area contributed by atoms with E-state index in [9.17, 15) is 13.2 Å².